The number of esters is 1. The second-order valence-corrected chi connectivity index (χ2v) is 10.6. The van der Waals surface area contributed by atoms with Crippen molar-refractivity contribution in [2.75, 3.05) is 6.61 Å². The quantitative estimate of drug-likeness (QED) is 0.388. The van der Waals surface area contributed by atoms with E-state index in [1.54, 1.807) is 36.6 Å². The van der Waals surface area contributed by atoms with Crippen LogP contribution in [0.4, 0.5) is 0 Å². The summed E-state index contributed by atoms with van der Waals surface area (Å²) in [6.07, 6.45) is 1.78. The second kappa shape index (κ2) is 10.5. The largest absolute Gasteiger partial charge is 0.490 e. The van der Waals surface area contributed by atoms with Crippen LogP contribution in [0.15, 0.2) is 68.0 Å². The third kappa shape index (κ3) is 5.29. The number of thiazole rings is 1. The number of halogens is 2. The van der Waals surface area contributed by atoms with Crippen LogP contribution >= 0.6 is 38.9 Å². The molecule has 0 saturated heterocycles. The highest BCUT2D eigenvalue weighted by molar-refractivity contribution is 9.10. The third-order valence-electron chi connectivity index (χ3n) is 5.32. The van der Waals surface area contributed by atoms with Gasteiger partial charge in [-0.1, -0.05) is 51.0 Å². The number of hydrogen-bond donors (Lipinski definition) is 0. The Morgan fingerprint density at radius 1 is 1.26 bits per heavy atom. The van der Waals surface area contributed by atoms with Crippen molar-refractivity contribution in [3.8, 4) is 5.75 Å². The molecule has 1 aliphatic heterocycles. The smallest absolute Gasteiger partial charge is 0.338 e. The third-order valence-corrected chi connectivity index (χ3v) is 7.05. The number of allylic oxidation sites excluding steroid dienone is 1. The maximum absolute atomic E-state index is 13.7. The Hall–Kier alpha value is -2.68. The Bertz CT molecular complexity index is 1490. The second-order valence-electron chi connectivity index (χ2n) is 8.20. The maximum atomic E-state index is 13.7. The van der Waals surface area contributed by atoms with Gasteiger partial charge in [-0.15, -0.1) is 0 Å². The molecule has 182 valence electrons. The van der Waals surface area contributed by atoms with E-state index in [1.807, 2.05) is 44.2 Å². The fraction of sp³-hybridized carbons (Fsp3) is 0.269. The molecule has 3 aromatic rings. The summed E-state index contributed by atoms with van der Waals surface area (Å²) in [7, 11) is 0. The molecule has 0 aliphatic carbocycles. The van der Waals surface area contributed by atoms with E-state index < -0.39 is 12.0 Å². The van der Waals surface area contributed by atoms with Crippen LogP contribution in [0.2, 0.25) is 5.02 Å². The van der Waals surface area contributed by atoms with Crippen LogP contribution in [0.5, 0.6) is 5.75 Å². The first-order valence-electron chi connectivity index (χ1n) is 11.1. The number of rotatable bonds is 6. The normalized spacial score (nSPS) is 15.7. The van der Waals surface area contributed by atoms with Gasteiger partial charge in [-0.25, -0.2) is 9.79 Å². The lowest BCUT2D eigenvalue weighted by Gasteiger charge is -2.24. The minimum absolute atomic E-state index is 0.0239. The summed E-state index contributed by atoms with van der Waals surface area (Å²) in [5.41, 5.74) is 2.11. The summed E-state index contributed by atoms with van der Waals surface area (Å²) in [6.45, 7) is 7.62. The summed E-state index contributed by atoms with van der Waals surface area (Å²) in [4.78, 5) is 31.8. The standard InChI is InChI=1S/C26H24BrClN2O4S/c1-5-33-25(32)22-15(4)29-26-30(23(22)16-6-9-19(28)10-7-16)24(31)21(35-26)13-17-12-18(27)8-11-20(17)34-14(2)3/h6-14,23H,5H2,1-4H3/b21-13+/t23-/m1/s1. The highest BCUT2D eigenvalue weighted by Crippen LogP contribution is 2.31. The predicted molar refractivity (Wildman–Crippen MR) is 142 cm³/mol. The van der Waals surface area contributed by atoms with Crippen LogP contribution < -0.4 is 19.6 Å². The molecule has 0 bridgehead atoms. The van der Waals surface area contributed by atoms with Gasteiger partial charge < -0.3 is 9.47 Å². The first kappa shape index (κ1) is 25.4. The molecular weight excluding hydrogens is 552 g/mol. The molecule has 9 heteroatoms. The van der Waals surface area contributed by atoms with E-state index in [2.05, 4.69) is 20.9 Å². The lowest BCUT2D eigenvalue weighted by Crippen LogP contribution is -2.39. The minimum Gasteiger partial charge on any atom is -0.490 e. The van der Waals surface area contributed by atoms with Crippen molar-refractivity contribution >= 4 is 50.9 Å². The molecule has 4 rings (SSSR count). The SMILES string of the molecule is CCOC(=O)C1=C(C)N=c2s/c(=C/c3cc(Br)ccc3OC(C)C)c(=O)n2[C@@H]1c1ccc(Cl)cc1. The Labute approximate surface area is 220 Å². The van der Waals surface area contributed by atoms with Crippen LogP contribution in [-0.2, 0) is 9.53 Å². The van der Waals surface area contributed by atoms with E-state index >= 15 is 0 Å². The molecule has 1 aromatic heterocycles. The van der Waals surface area contributed by atoms with E-state index in [0.717, 1.165) is 15.6 Å². The van der Waals surface area contributed by atoms with Crippen molar-refractivity contribution in [1.82, 2.24) is 4.57 Å². The van der Waals surface area contributed by atoms with Crippen molar-refractivity contribution in [1.29, 1.82) is 0 Å². The Morgan fingerprint density at radius 3 is 2.63 bits per heavy atom. The summed E-state index contributed by atoms with van der Waals surface area (Å²) in [5.74, 6) is 0.175. The van der Waals surface area contributed by atoms with Gasteiger partial charge in [0, 0.05) is 15.1 Å². The van der Waals surface area contributed by atoms with E-state index in [0.29, 0.717) is 31.4 Å². The number of benzene rings is 2. The summed E-state index contributed by atoms with van der Waals surface area (Å²) >= 11 is 10.9. The average Bonchev–Trinajstić information content (AvgIpc) is 3.09. The van der Waals surface area contributed by atoms with E-state index in [9.17, 15) is 9.59 Å². The van der Waals surface area contributed by atoms with Crippen LogP contribution in [0.3, 0.4) is 0 Å². The van der Waals surface area contributed by atoms with Gasteiger partial charge in [0.05, 0.1) is 34.6 Å². The van der Waals surface area contributed by atoms with Crippen LogP contribution in [0.1, 0.15) is 44.9 Å². The highest BCUT2D eigenvalue weighted by atomic mass is 79.9. The van der Waals surface area contributed by atoms with Crippen molar-refractivity contribution in [2.24, 2.45) is 4.99 Å². The van der Waals surface area contributed by atoms with Crippen LogP contribution in [-0.4, -0.2) is 23.2 Å². The number of aromatic nitrogens is 1. The van der Waals surface area contributed by atoms with Gasteiger partial charge >= 0.3 is 5.97 Å². The molecule has 0 amide bonds. The fourth-order valence-corrected chi connectivity index (χ4v) is 5.43. The molecule has 0 fully saturated rings. The molecule has 0 unspecified atom stereocenters. The van der Waals surface area contributed by atoms with Crippen molar-refractivity contribution in [3.63, 3.8) is 0 Å². The predicted octanol–water partition coefficient (Wildman–Crippen LogP) is 5.00. The molecule has 2 heterocycles. The Balaban J connectivity index is 1.95. The molecule has 0 N–H and O–H groups in total. The van der Waals surface area contributed by atoms with Gasteiger partial charge in [-0.3, -0.25) is 9.36 Å². The Kier molecular flexibility index (Phi) is 7.64. The zero-order chi connectivity index (χ0) is 25.3. The molecule has 0 saturated carbocycles. The number of carbonyl (C=O) groups excluding carboxylic acids is 1. The molecular formula is C26H24BrClN2O4S. The number of nitrogens with zero attached hydrogens (tertiary/aromatic N) is 2. The highest BCUT2D eigenvalue weighted by Gasteiger charge is 2.33. The molecule has 35 heavy (non-hydrogen) atoms. The molecule has 1 aliphatic rings. The van der Waals surface area contributed by atoms with Gasteiger partial charge in [0.1, 0.15) is 5.75 Å². The first-order chi connectivity index (χ1) is 16.7. The minimum atomic E-state index is -0.682. The van der Waals surface area contributed by atoms with Gasteiger partial charge in [0.25, 0.3) is 5.56 Å². The van der Waals surface area contributed by atoms with Crippen molar-refractivity contribution in [3.05, 3.63) is 94.0 Å². The maximum Gasteiger partial charge on any atom is 0.338 e. The van der Waals surface area contributed by atoms with E-state index in [-0.39, 0.29) is 18.3 Å². The number of ether oxygens (including phenoxy) is 2. The topological polar surface area (TPSA) is 69.9 Å². The lowest BCUT2D eigenvalue weighted by molar-refractivity contribution is -0.139. The van der Waals surface area contributed by atoms with E-state index in [4.69, 9.17) is 21.1 Å². The number of hydrogen-bond acceptors (Lipinski definition) is 6. The molecule has 0 spiro atoms. The van der Waals surface area contributed by atoms with Gasteiger partial charge in [0.15, 0.2) is 4.80 Å². The van der Waals surface area contributed by atoms with Gasteiger partial charge in [0.2, 0.25) is 0 Å². The lowest BCUT2D eigenvalue weighted by atomic mass is 9.96. The zero-order valence-electron chi connectivity index (χ0n) is 19.7. The molecule has 0 radical (unpaired) electrons. The first-order valence-corrected chi connectivity index (χ1v) is 13.1. The number of fused-ring (bicyclic) bond motifs is 1. The zero-order valence-corrected chi connectivity index (χ0v) is 22.8. The van der Waals surface area contributed by atoms with Crippen molar-refractivity contribution in [2.45, 2.75) is 39.8 Å². The number of carbonyl (C=O) groups is 1. The average molecular weight is 576 g/mol. The molecule has 2 aromatic carbocycles. The fourth-order valence-electron chi connectivity index (χ4n) is 3.89. The van der Waals surface area contributed by atoms with E-state index in [1.165, 1.54) is 11.3 Å². The summed E-state index contributed by atoms with van der Waals surface area (Å²) in [5, 5.41) is 0.562. The van der Waals surface area contributed by atoms with Crippen LogP contribution in [0.25, 0.3) is 6.08 Å². The van der Waals surface area contributed by atoms with Gasteiger partial charge in [-0.05, 0) is 69.7 Å². The Morgan fingerprint density at radius 2 is 1.97 bits per heavy atom. The summed E-state index contributed by atoms with van der Waals surface area (Å²) in [6, 6.07) is 12.1. The van der Waals surface area contributed by atoms with Gasteiger partial charge in [-0.2, -0.15) is 0 Å². The summed E-state index contributed by atoms with van der Waals surface area (Å²) < 4.78 is 14.2. The monoisotopic (exact) mass is 574 g/mol. The van der Waals surface area contributed by atoms with Crippen molar-refractivity contribution < 1.29 is 14.3 Å². The molecule has 1 atom stereocenters. The van der Waals surface area contributed by atoms with Crippen LogP contribution in [0, 0.1) is 0 Å². The molecule has 6 nitrogen and oxygen atoms in total.